The van der Waals surface area contributed by atoms with E-state index in [4.69, 9.17) is 18.0 Å². The minimum atomic E-state index is -0.646. The van der Waals surface area contributed by atoms with E-state index in [0.717, 1.165) is 38.6 Å². The Morgan fingerprint density at radius 3 is 2.10 bits per heavy atom. The van der Waals surface area contributed by atoms with Gasteiger partial charge < -0.3 is 11.1 Å². The first kappa shape index (κ1) is 18.4. The highest BCUT2D eigenvalue weighted by Crippen LogP contribution is 2.40. The van der Waals surface area contributed by atoms with E-state index in [-0.39, 0.29) is 5.91 Å². The quantitative estimate of drug-likeness (QED) is 0.634. The van der Waals surface area contributed by atoms with Gasteiger partial charge in [0.1, 0.15) is 0 Å². The summed E-state index contributed by atoms with van der Waals surface area (Å²) in [5.74, 6) is 0.0541. The van der Waals surface area contributed by atoms with Crippen molar-refractivity contribution in [2.45, 2.75) is 78.6 Å². The first-order chi connectivity index (χ1) is 9.96. The van der Waals surface area contributed by atoms with Gasteiger partial charge in [-0.3, -0.25) is 4.79 Å². The molecule has 0 radical (unpaired) electrons. The summed E-state index contributed by atoms with van der Waals surface area (Å²) < 4.78 is 0. The normalized spacial score (nSPS) is 17.7. The molecule has 0 aromatic heterocycles. The number of thiocarbonyl (C=S) groups is 1. The van der Waals surface area contributed by atoms with Gasteiger partial charge in [0.2, 0.25) is 5.91 Å². The van der Waals surface area contributed by atoms with Gasteiger partial charge in [0.25, 0.3) is 0 Å². The molecule has 3 N–H and O–H groups in total. The molecule has 1 saturated carbocycles. The summed E-state index contributed by atoms with van der Waals surface area (Å²) >= 11 is 5.26. The van der Waals surface area contributed by atoms with Crippen molar-refractivity contribution in [3.8, 4) is 0 Å². The number of carbonyl (C=O) groups is 1. The second-order valence-electron chi connectivity index (χ2n) is 6.69. The number of hydrogen-bond donors (Lipinski definition) is 2. The molecule has 1 rings (SSSR count). The van der Waals surface area contributed by atoms with E-state index in [1.807, 2.05) is 0 Å². The molecule has 0 aromatic rings. The third kappa shape index (κ3) is 4.18. The van der Waals surface area contributed by atoms with Crippen LogP contribution >= 0.6 is 12.2 Å². The summed E-state index contributed by atoms with van der Waals surface area (Å²) in [6.45, 7) is 7.18. The van der Waals surface area contributed by atoms with E-state index in [2.05, 4.69) is 26.1 Å². The number of nitrogens with two attached hydrogens (primary N) is 1. The largest absolute Gasteiger partial charge is 0.392 e. The molecule has 1 aliphatic carbocycles. The fourth-order valence-corrected chi connectivity index (χ4v) is 4.08. The fourth-order valence-electron chi connectivity index (χ4n) is 3.78. The average Bonchev–Trinajstić information content (AvgIpc) is 2.93. The van der Waals surface area contributed by atoms with E-state index in [1.165, 1.54) is 25.7 Å². The number of nitrogens with one attached hydrogen (secondary N) is 1. The third-order valence-electron chi connectivity index (χ3n) is 5.30. The number of carbonyl (C=O) groups excluding carboxylic acids is 1. The lowest BCUT2D eigenvalue weighted by Crippen LogP contribution is -2.51. The highest BCUT2D eigenvalue weighted by molar-refractivity contribution is 7.80. The van der Waals surface area contributed by atoms with Gasteiger partial charge in [0, 0.05) is 6.54 Å². The third-order valence-corrected chi connectivity index (χ3v) is 5.69. The average molecular weight is 313 g/mol. The summed E-state index contributed by atoms with van der Waals surface area (Å²) in [5, 5.41) is 3.20. The Hall–Kier alpha value is -0.640. The van der Waals surface area contributed by atoms with Crippen molar-refractivity contribution in [2.75, 3.05) is 6.54 Å². The Balaban J connectivity index is 2.78. The second kappa shape index (κ2) is 8.11. The molecule has 1 aliphatic rings. The minimum Gasteiger partial charge on any atom is -0.392 e. The molecule has 0 unspecified atom stereocenters. The molecule has 1 fully saturated rings. The lowest BCUT2D eigenvalue weighted by Gasteiger charge is -2.34. The smallest absolute Gasteiger partial charge is 0.233 e. The highest BCUT2D eigenvalue weighted by atomic mass is 32.1. The van der Waals surface area contributed by atoms with Crippen molar-refractivity contribution in [1.82, 2.24) is 5.32 Å². The summed E-state index contributed by atoms with van der Waals surface area (Å²) in [5.41, 5.74) is 5.62. The maximum Gasteiger partial charge on any atom is 0.233 e. The number of rotatable bonds is 9. The lowest BCUT2D eigenvalue weighted by atomic mass is 9.77. The van der Waals surface area contributed by atoms with Crippen LogP contribution in [0, 0.1) is 10.8 Å². The Kier molecular flexibility index (Phi) is 7.11. The van der Waals surface area contributed by atoms with Crippen molar-refractivity contribution in [2.24, 2.45) is 16.6 Å². The monoisotopic (exact) mass is 312 g/mol. The standard InChI is InChI=1S/C17H32N2OS/c1-4-9-17(10-5-2,14(18)21)15(20)19-13-16(6-3)11-7-8-12-16/h4-13H2,1-3H3,(H2,18,21)(H,19,20). The van der Waals surface area contributed by atoms with Crippen molar-refractivity contribution in [3.63, 3.8) is 0 Å². The van der Waals surface area contributed by atoms with Gasteiger partial charge in [-0.25, -0.2) is 0 Å². The summed E-state index contributed by atoms with van der Waals surface area (Å²) in [4.78, 5) is 13.2. The SMILES string of the molecule is CCCC(CCC)(C(=O)NCC1(CC)CCCC1)C(N)=S. The van der Waals surface area contributed by atoms with Crippen LogP contribution in [0.4, 0.5) is 0 Å². The zero-order valence-electron chi connectivity index (χ0n) is 14.0. The van der Waals surface area contributed by atoms with Crippen LogP contribution in [-0.4, -0.2) is 17.4 Å². The van der Waals surface area contributed by atoms with E-state index in [0.29, 0.717) is 10.4 Å². The molecule has 0 aliphatic heterocycles. The molecule has 0 atom stereocenters. The Labute approximate surface area is 135 Å². The topological polar surface area (TPSA) is 55.1 Å². The molecule has 122 valence electrons. The molecule has 0 heterocycles. The first-order valence-corrected chi connectivity index (χ1v) is 8.95. The molecular weight excluding hydrogens is 280 g/mol. The van der Waals surface area contributed by atoms with Gasteiger partial charge in [-0.1, -0.05) is 58.7 Å². The number of amides is 1. The Morgan fingerprint density at radius 2 is 1.71 bits per heavy atom. The van der Waals surface area contributed by atoms with Gasteiger partial charge >= 0.3 is 0 Å². The molecule has 1 amide bonds. The fraction of sp³-hybridized carbons (Fsp3) is 0.882. The van der Waals surface area contributed by atoms with E-state index in [1.54, 1.807) is 0 Å². The van der Waals surface area contributed by atoms with Gasteiger partial charge in [-0.15, -0.1) is 0 Å². The van der Waals surface area contributed by atoms with Crippen molar-refractivity contribution in [1.29, 1.82) is 0 Å². The zero-order valence-corrected chi connectivity index (χ0v) is 14.8. The summed E-state index contributed by atoms with van der Waals surface area (Å²) in [7, 11) is 0. The van der Waals surface area contributed by atoms with Crippen LogP contribution in [0.3, 0.4) is 0 Å². The lowest BCUT2D eigenvalue weighted by molar-refractivity contribution is -0.128. The van der Waals surface area contributed by atoms with Crippen molar-refractivity contribution >= 4 is 23.1 Å². The molecule has 0 saturated heterocycles. The summed E-state index contributed by atoms with van der Waals surface area (Å²) in [6, 6.07) is 0. The molecule has 21 heavy (non-hydrogen) atoms. The predicted molar refractivity (Wildman–Crippen MR) is 93.2 cm³/mol. The predicted octanol–water partition coefficient (Wildman–Crippen LogP) is 3.95. The summed E-state index contributed by atoms with van der Waals surface area (Å²) in [6.07, 6.45) is 9.50. The van der Waals surface area contributed by atoms with E-state index >= 15 is 0 Å². The van der Waals surface area contributed by atoms with Gasteiger partial charge in [-0.2, -0.15) is 0 Å². The minimum absolute atomic E-state index is 0.0541. The first-order valence-electron chi connectivity index (χ1n) is 8.54. The van der Waals surface area contributed by atoms with Crippen LogP contribution in [-0.2, 0) is 4.79 Å². The van der Waals surface area contributed by atoms with E-state index < -0.39 is 5.41 Å². The molecule has 0 spiro atoms. The van der Waals surface area contributed by atoms with Crippen LogP contribution < -0.4 is 11.1 Å². The molecular formula is C17H32N2OS. The van der Waals surface area contributed by atoms with Crippen molar-refractivity contribution in [3.05, 3.63) is 0 Å². The number of hydrogen-bond acceptors (Lipinski definition) is 2. The van der Waals surface area contributed by atoms with Crippen LogP contribution in [0.25, 0.3) is 0 Å². The Morgan fingerprint density at radius 1 is 1.19 bits per heavy atom. The molecule has 4 heteroatoms. The van der Waals surface area contributed by atoms with Gasteiger partial charge in [0.05, 0.1) is 10.4 Å². The maximum absolute atomic E-state index is 12.8. The van der Waals surface area contributed by atoms with Crippen LogP contribution in [0.2, 0.25) is 0 Å². The van der Waals surface area contributed by atoms with Gasteiger partial charge in [0.15, 0.2) is 0 Å². The van der Waals surface area contributed by atoms with E-state index in [9.17, 15) is 4.79 Å². The molecule has 3 nitrogen and oxygen atoms in total. The zero-order chi connectivity index (χ0) is 15.9. The second-order valence-corrected chi connectivity index (χ2v) is 7.13. The van der Waals surface area contributed by atoms with Crippen molar-refractivity contribution < 1.29 is 4.79 Å². The van der Waals surface area contributed by atoms with Crippen LogP contribution in [0.15, 0.2) is 0 Å². The Bertz CT molecular complexity index is 356. The maximum atomic E-state index is 12.8. The highest BCUT2D eigenvalue weighted by Gasteiger charge is 2.41. The van der Waals surface area contributed by atoms with Crippen LogP contribution in [0.5, 0.6) is 0 Å². The molecule has 0 aromatic carbocycles. The van der Waals surface area contributed by atoms with Gasteiger partial charge in [-0.05, 0) is 37.5 Å². The van der Waals surface area contributed by atoms with Crippen LogP contribution in [0.1, 0.15) is 78.6 Å². The molecule has 0 bridgehead atoms.